The number of likely N-dealkylation sites (N-methyl/N-ethyl adjacent to an activating group) is 1. The fourth-order valence-electron chi connectivity index (χ4n) is 1.86. The van der Waals surface area contributed by atoms with E-state index in [9.17, 15) is 0 Å². The molecule has 0 N–H and O–H groups in total. The van der Waals surface area contributed by atoms with Crippen LogP contribution in [0.5, 0.6) is 0 Å². The van der Waals surface area contributed by atoms with Crippen molar-refractivity contribution >= 4 is 5.82 Å². The van der Waals surface area contributed by atoms with Crippen molar-refractivity contribution in [2.45, 2.75) is 13.8 Å². The Hall–Kier alpha value is -1.16. The zero-order valence-corrected chi connectivity index (χ0v) is 9.69. The zero-order chi connectivity index (χ0) is 10.8. The number of hydrogen-bond acceptors (Lipinski definition) is 4. The van der Waals surface area contributed by atoms with Crippen molar-refractivity contribution in [3.8, 4) is 0 Å². The SMILES string of the molecule is Cc1ncc(C)c(N2CCN(C)CC2)n1. The monoisotopic (exact) mass is 206 g/mol. The van der Waals surface area contributed by atoms with E-state index in [0.29, 0.717) is 0 Å². The summed E-state index contributed by atoms with van der Waals surface area (Å²) in [5.74, 6) is 1.96. The molecule has 0 amide bonds. The number of nitrogens with zero attached hydrogens (tertiary/aromatic N) is 4. The van der Waals surface area contributed by atoms with Crippen molar-refractivity contribution < 1.29 is 0 Å². The fourth-order valence-corrected chi connectivity index (χ4v) is 1.86. The molecule has 0 unspecified atom stereocenters. The molecule has 1 saturated heterocycles. The molecule has 2 heterocycles. The molecule has 0 spiro atoms. The van der Waals surface area contributed by atoms with Crippen molar-refractivity contribution in [1.82, 2.24) is 14.9 Å². The third-order valence-corrected chi connectivity index (χ3v) is 2.87. The fraction of sp³-hybridized carbons (Fsp3) is 0.636. The van der Waals surface area contributed by atoms with Gasteiger partial charge in [0.15, 0.2) is 0 Å². The minimum absolute atomic E-state index is 0.856. The highest BCUT2D eigenvalue weighted by Crippen LogP contribution is 2.17. The summed E-state index contributed by atoms with van der Waals surface area (Å²) < 4.78 is 0. The molecule has 82 valence electrons. The van der Waals surface area contributed by atoms with Gasteiger partial charge in [-0.3, -0.25) is 0 Å². The van der Waals surface area contributed by atoms with Gasteiger partial charge in [-0.05, 0) is 20.9 Å². The van der Waals surface area contributed by atoms with Crippen LogP contribution in [0.3, 0.4) is 0 Å². The summed E-state index contributed by atoms with van der Waals surface area (Å²) in [5, 5.41) is 0. The van der Waals surface area contributed by atoms with Crippen molar-refractivity contribution in [2.24, 2.45) is 0 Å². The molecule has 0 aromatic carbocycles. The van der Waals surface area contributed by atoms with E-state index in [1.54, 1.807) is 0 Å². The van der Waals surface area contributed by atoms with E-state index in [4.69, 9.17) is 0 Å². The Balaban J connectivity index is 2.18. The molecular formula is C11H18N4. The van der Waals surface area contributed by atoms with Gasteiger partial charge in [-0.25, -0.2) is 9.97 Å². The molecule has 0 saturated carbocycles. The third kappa shape index (κ3) is 2.26. The lowest BCUT2D eigenvalue weighted by Crippen LogP contribution is -2.45. The van der Waals surface area contributed by atoms with Gasteiger partial charge in [0, 0.05) is 37.9 Å². The molecule has 0 radical (unpaired) electrons. The first-order valence-electron chi connectivity index (χ1n) is 5.40. The first-order valence-corrected chi connectivity index (χ1v) is 5.40. The summed E-state index contributed by atoms with van der Waals surface area (Å²) in [7, 11) is 2.16. The van der Waals surface area contributed by atoms with Crippen LogP contribution >= 0.6 is 0 Å². The second kappa shape index (κ2) is 4.14. The summed E-state index contributed by atoms with van der Waals surface area (Å²) in [6.45, 7) is 8.37. The Labute approximate surface area is 90.9 Å². The van der Waals surface area contributed by atoms with E-state index in [-0.39, 0.29) is 0 Å². The molecule has 1 fully saturated rings. The first-order chi connectivity index (χ1) is 7.16. The van der Waals surface area contributed by atoms with Gasteiger partial charge >= 0.3 is 0 Å². The van der Waals surface area contributed by atoms with E-state index in [1.165, 1.54) is 5.56 Å². The van der Waals surface area contributed by atoms with E-state index in [2.05, 4.69) is 33.7 Å². The van der Waals surface area contributed by atoms with E-state index in [1.807, 2.05) is 13.1 Å². The molecule has 15 heavy (non-hydrogen) atoms. The molecule has 0 atom stereocenters. The van der Waals surface area contributed by atoms with Crippen LogP contribution in [-0.4, -0.2) is 48.1 Å². The van der Waals surface area contributed by atoms with Gasteiger partial charge in [-0.15, -0.1) is 0 Å². The van der Waals surface area contributed by atoms with Gasteiger partial charge in [-0.1, -0.05) is 0 Å². The van der Waals surface area contributed by atoms with Gasteiger partial charge in [0.2, 0.25) is 0 Å². The molecule has 4 nitrogen and oxygen atoms in total. The van der Waals surface area contributed by atoms with E-state index in [0.717, 1.165) is 37.8 Å². The maximum atomic E-state index is 4.52. The molecule has 1 aliphatic heterocycles. The Morgan fingerprint density at radius 1 is 1.13 bits per heavy atom. The van der Waals surface area contributed by atoms with Crippen LogP contribution in [0.15, 0.2) is 6.20 Å². The maximum absolute atomic E-state index is 4.52. The van der Waals surface area contributed by atoms with Gasteiger partial charge in [-0.2, -0.15) is 0 Å². The van der Waals surface area contributed by atoms with Gasteiger partial charge in [0.25, 0.3) is 0 Å². The molecule has 0 bridgehead atoms. The Bertz CT molecular complexity index is 342. The number of aromatic nitrogens is 2. The molecular weight excluding hydrogens is 188 g/mol. The minimum atomic E-state index is 0.856. The smallest absolute Gasteiger partial charge is 0.135 e. The minimum Gasteiger partial charge on any atom is -0.354 e. The molecule has 2 rings (SSSR count). The van der Waals surface area contributed by atoms with Crippen LogP contribution in [0.1, 0.15) is 11.4 Å². The number of rotatable bonds is 1. The van der Waals surface area contributed by atoms with Crippen LogP contribution in [0, 0.1) is 13.8 Å². The summed E-state index contributed by atoms with van der Waals surface area (Å²) in [4.78, 5) is 13.4. The quantitative estimate of drug-likeness (QED) is 0.682. The van der Waals surface area contributed by atoms with Crippen LogP contribution in [0.4, 0.5) is 5.82 Å². The van der Waals surface area contributed by atoms with Crippen molar-refractivity contribution in [3.63, 3.8) is 0 Å². The predicted molar refractivity (Wildman–Crippen MR) is 61.2 cm³/mol. The predicted octanol–water partition coefficient (Wildman–Crippen LogP) is 0.845. The Morgan fingerprint density at radius 2 is 1.80 bits per heavy atom. The third-order valence-electron chi connectivity index (χ3n) is 2.87. The van der Waals surface area contributed by atoms with E-state index < -0.39 is 0 Å². The normalized spacial score (nSPS) is 18.2. The summed E-state index contributed by atoms with van der Waals surface area (Å²) >= 11 is 0. The van der Waals surface area contributed by atoms with Gasteiger partial charge < -0.3 is 9.80 Å². The van der Waals surface area contributed by atoms with Gasteiger partial charge in [0.1, 0.15) is 11.6 Å². The van der Waals surface area contributed by atoms with Crippen LogP contribution in [0.2, 0.25) is 0 Å². The first kappa shape index (κ1) is 10.4. The van der Waals surface area contributed by atoms with Gasteiger partial charge in [0.05, 0.1) is 0 Å². The lowest BCUT2D eigenvalue weighted by atomic mass is 10.2. The Morgan fingerprint density at radius 3 is 2.47 bits per heavy atom. The zero-order valence-electron chi connectivity index (χ0n) is 9.69. The van der Waals surface area contributed by atoms with Crippen LogP contribution in [0.25, 0.3) is 0 Å². The van der Waals surface area contributed by atoms with E-state index >= 15 is 0 Å². The molecule has 1 aliphatic rings. The lowest BCUT2D eigenvalue weighted by molar-refractivity contribution is 0.312. The number of hydrogen-bond donors (Lipinski definition) is 0. The van der Waals surface area contributed by atoms with Crippen molar-refractivity contribution in [1.29, 1.82) is 0 Å². The van der Waals surface area contributed by atoms with Crippen LogP contribution in [-0.2, 0) is 0 Å². The highest BCUT2D eigenvalue weighted by atomic mass is 15.3. The number of aryl methyl sites for hydroxylation is 2. The second-order valence-corrected chi connectivity index (χ2v) is 4.21. The molecule has 0 aliphatic carbocycles. The summed E-state index contributed by atoms with van der Waals surface area (Å²) in [6, 6.07) is 0. The van der Waals surface area contributed by atoms with Crippen molar-refractivity contribution in [2.75, 3.05) is 38.1 Å². The molecule has 1 aromatic heterocycles. The molecule has 4 heteroatoms. The average Bonchev–Trinajstić information content (AvgIpc) is 2.23. The largest absolute Gasteiger partial charge is 0.354 e. The highest BCUT2D eigenvalue weighted by molar-refractivity contribution is 5.45. The Kier molecular flexibility index (Phi) is 2.86. The summed E-state index contributed by atoms with van der Waals surface area (Å²) in [6.07, 6.45) is 1.91. The number of anilines is 1. The second-order valence-electron chi connectivity index (χ2n) is 4.21. The highest BCUT2D eigenvalue weighted by Gasteiger charge is 2.17. The van der Waals surface area contributed by atoms with Crippen LogP contribution < -0.4 is 4.90 Å². The maximum Gasteiger partial charge on any atom is 0.135 e. The number of piperazine rings is 1. The van der Waals surface area contributed by atoms with Crippen molar-refractivity contribution in [3.05, 3.63) is 17.6 Å². The molecule has 1 aromatic rings. The average molecular weight is 206 g/mol. The topological polar surface area (TPSA) is 32.3 Å². The lowest BCUT2D eigenvalue weighted by Gasteiger charge is -2.33. The standard InChI is InChI=1S/C11H18N4/c1-9-8-12-10(2)13-11(9)15-6-4-14(3)5-7-15/h8H,4-7H2,1-3H3. The summed E-state index contributed by atoms with van der Waals surface area (Å²) in [5.41, 5.74) is 1.17.